The molecule has 4 heteroatoms. The van der Waals surface area contributed by atoms with Crippen molar-refractivity contribution in [1.29, 1.82) is 0 Å². The summed E-state index contributed by atoms with van der Waals surface area (Å²) in [5, 5.41) is 3.30. The number of carbonyl (C=O) groups is 1. The molecule has 1 fully saturated rings. The van der Waals surface area contributed by atoms with Gasteiger partial charge < -0.3 is 14.8 Å². The summed E-state index contributed by atoms with van der Waals surface area (Å²) in [4.78, 5) is 12.0. The number of nitrogens with one attached hydrogen (secondary N) is 1. The number of benzene rings is 1. The summed E-state index contributed by atoms with van der Waals surface area (Å²) in [5.41, 5.74) is 0.917. The average Bonchev–Trinajstić information content (AvgIpc) is 3.24. The smallest absolute Gasteiger partial charge is 0.327 e. The van der Waals surface area contributed by atoms with Gasteiger partial charge in [0.2, 0.25) is 0 Å². The molecule has 0 aliphatic heterocycles. The van der Waals surface area contributed by atoms with E-state index in [2.05, 4.69) is 5.32 Å². The van der Waals surface area contributed by atoms with Crippen LogP contribution < -0.4 is 10.1 Å². The van der Waals surface area contributed by atoms with E-state index in [4.69, 9.17) is 9.47 Å². The van der Waals surface area contributed by atoms with Gasteiger partial charge in [-0.2, -0.15) is 0 Å². The van der Waals surface area contributed by atoms with E-state index in [0.717, 1.165) is 23.8 Å². The van der Waals surface area contributed by atoms with Crippen LogP contribution in [0.5, 0.6) is 5.75 Å². The molecule has 1 saturated carbocycles. The van der Waals surface area contributed by atoms with Crippen molar-refractivity contribution in [2.45, 2.75) is 25.8 Å². The van der Waals surface area contributed by atoms with Crippen molar-refractivity contribution in [3.8, 4) is 5.75 Å². The Bertz CT molecular complexity index is 412. The quantitative estimate of drug-likeness (QED) is 0.767. The third kappa shape index (κ3) is 3.96. The van der Waals surface area contributed by atoms with Crippen molar-refractivity contribution < 1.29 is 14.3 Å². The maximum absolute atomic E-state index is 12.0. The Hall–Kier alpha value is -1.55. The van der Waals surface area contributed by atoms with E-state index < -0.39 is 0 Å². The molecule has 19 heavy (non-hydrogen) atoms. The lowest BCUT2D eigenvalue weighted by atomic mass is 10.1. The van der Waals surface area contributed by atoms with Crippen molar-refractivity contribution >= 4 is 5.97 Å². The minimum absolute atomic E-state index is 0.215. The minimum atomic E-state index is -0.383. The summed E-state index contributed by atoms with van der Waals surface area (Å²) in [6.45, 7) is 3.09. The molecule has 104 valence electrons. The van der Waals surface area contributed by atoms with Gasteiger partial charge in [0.05, 0.1) is 13.7 Å². The van der Waals surface area contributed by atoms with Crippen LogP contribution >= 0.6 is 0 Å². The summed E-state index contributed by atoms with van der Waals surface area (Å²) in [7, 11) is 1.63. The number of rotatable bonds is 7. The monoisotopic (exact) mass is 263 g/mol. The van der Waals surface area contributed by atoms with E-state index in [9.17, 15) is 4.79 Å². The fourth-order valence-corrected chi connectivity index (χ4v) is 1.97. The van der Waals surface area contributed by atoms with Crippen LogP contribution in [0.2, 0.25) is 0 Å². The highest BCUT2D eigenvalue weighted by atomic mass is 16.5. The highest BCUT2D eigenvalue weighted by Gasteiger charge is 2.26. The summed E-state index contributed by atoms with van der Waals surface area (Å²) in [6.07, 6.45) is 2.51. The minimum Gasteiger partial charge on any atom is -0.497 e. The average molecular weight is 263 g/mol. The highest BCUT2D eigenvalue weighted by Crippen LogP contribution is 2.29. The van der Waals surface area contributed by atoms with Crippen LogP contribution in [0.1, 0.15) is 31.4 Å². The molecule has 1 N–H and O–H groups in total. The van der Waals surface area contributed by atoms with Crippen LogP contribution in [0.15, 0.2) is 24.3 Å². The van der Waals surface area contributed by atoms with Gasteiger partial charge in [0, 0.05) is 0 Å². The van der Waals surface area contributed by atoms with Crippen molar-refractivity contribution in [3.05, 3.63) is 29.8 Å². The number of methoxy groups -OCH3 is 1. The number of hydrogen-bond donors (Lipinski definition) is 1. The SMILES string of the molecule is CCOC(=O)C(NCC1CC1)c1ccc(OC)cc1. The second-order valence-electron chi connectivity index (χ2n) is 4.81. The van der Waals surface area contributed by atoms with E-state index in [1.807, 2.05) is 31.2 Å². The predicted octanol–water partition coefficient (Wildman–Crippen LogP) is 2.30. The second kappa shape index (κ2) is 6.57. The van der Waals surface area contributed by atoms with Crippen LogP contribution in [0.25, 0.3) is 0 Å². The number of carbonyl (C=O) groups excluding carboxylic acids is 1. The Labute approximate surface area is 114 Å². The molecule has 1 aromatic carbocycles. The van der Waals surface area contributed by atoms with E-state index in [1.165, 1.54) is 12.8 Å². The lowest BCUT2D eigenvalue weighted by Crippen LogP contribution is -2.31. The first-order valence-electron chi connectivity index (χ1n) is 6.78. The number of hydrogen-bond acceptors (Lipinski definition) is 4. The highest BCUT2D eigenvalue weighted by molar-refractivity contribution is 5.77. The molecule has 0 aromatic heterocycles. The number of ether oxygens (including phenoxy) is 2. The Morgan fingerprint density at radius 2 is 2.05 bits per heavy atom. The summed E-state index contributed by atoms with van der Waals surface area (Å²) < 4.78 is 10.3. The summed E-state index contributed by atoms with van der Waals surface area (Å²) >= 11 is 0. The van der Waals surface area contributed by atoms with Gasteiger partial charge in [-0.1, -0.05) is 12.1 Å². The molecule has 4 nitrogen and oxygen atoms in total. The van der Waals surface area contributed by atoms with Gasteiger partial charge in [-0.3, -0.25) is 0 Å². The Balaban J connectivity index is 2.06. The normalized spacial score (nSPS) is 15.9. The van der Waals surface area contributed by atoms with Gasteiger partial charge in [-0.25, -0.2) is 4.79 Å². The Morgan fingerprint density at radius 1 is 1.37 bits per heavy atom. The fourth-order valence-electron chi connectivity index (χ4n) is 1.97. The zero-order valence-electron chi connectivity index (χ0n) is 11.5. The van der Waals surface area contributed by atoms with Gasteiger partial charge in [0.25, 0.3) is 0 Å². The van der Waals surface area contributed by atoms with Crippen LogP contribution in [-0.2, 0) is 9.53 Å². The van der Waals surface area contributed by atoms with E-state index in [-0.39, 0.29) is 12.0 Å². The van der Waals surface area contributed by atoms with Gasteiger partial charge in [0.15, 0.2) is 0 Å². The van der Waals surface area contributed by atoms with Gasteiger partial charge in [-0.15, -0.1) is 0 Å². The fraction of sp³-hybridized carbons (Fsp3) is 0.533. The van der Waals surface area contributed by atoms with Crippen molar-refractivity contribution in [3.63, 3.8) is 0 Å². The zero-order chi connectivity index (χ0) is 13.7. The molecular formula is C15H21NO3. The summed E-state index contributed by atoms with van der Waals surface area (Å²) in [6, 6.07) is 7.15. The largest absolute Gasteiger partial charge is 0.497 e. The molecule has 0 heterocycles. The lowest BCUT2D eigenvalue weighted by Gasteiger charge is -2.17. The van der Waals surface area contributed by atoms with Crippen LogP contribution in [0.4, 0.5) is 0 Å². The van der Waals surface area contributed by atoms with Crippen molar-refractivity contribution in [2.75, 3.05) is 20.3 Å². The lowest BCUT2D eigenvalue weighted by molar-refractivity contribution is -0.145. The number of esters is 1. The second-order valence-corrected chi connectivity index (χ2v) is 4.81. The molecule has 1 aliphatic rings. The Kier molecular flexibility index (Phi) is 4.80. The molecular weight excluding hydrogens is 242 g/mol. The third-order valence-corrected chi connectivity index (χ3v) is 3.28. The van der Waals surface area contributed by atoms with Gasteiger partial charge in [-0.05, 0) is 49.9 Å². The maximum Gasteiger partial charge on any atom is 0.327 e. The predicted molar refractivity (Wildman–Crippen MR) is 73.1 cm³/mol. The summed E-state index contributed by atoms with van der Waals surface area (Å²) in [5.74, 6) is 1.29. The molecule has 1 atom stereocenters. The molecule has 0 saturated heterocycles. The van der Waals surface area contributed by atoms with Crippen molar-refractivity contribution in [2.24, 2.45) is 5.92 Å². The zero-order valence-corrected chi connectivity index (χ0v) is 11.5. The third-order valence-electron chi connectivity index (χ3n) is 3.28. The molecule has 1 unspecified atom stereocenters. The first-order valence-corrected chi connectivity index (χ1v) is 6.78. The Morgan fingerprint density at radius 3 is 2.58 bits per heavy atom. The van der Waals surface area contributed by atoms with E-state index in [0.29, 0.717) is 6.61 Å². The molecule has 1 aromatic rings. The van der Waals surface area contributed by atoms with Gasteiger partial charge in [0.1, 0.15) is 11.8 Å². The van der Waals surface area contributed by atoms with E-state index >= 15 is 0 Å². The van der Waals surface area contributed by atoms with E-state index in [1.54, 1.807) is 7.11 Å². The van der Waals surface area contributed by atoms with Crippen molar-refractivity contribution in [1.82, 2.24) is 5.32 Å². The standard InChI is InChI=1S/C15H21NO3/c1-3-19-15(17)14(16-10-11-4-5-11)12-6-8-13(18-2)9-7-12/h6-9,11,14,16H,3-5,10H2,1-2H3. The molecule has 2 rings (SSSR count). The molecule has 0 spiro atoms. The molecule has 0 radical (unpaired) electrons. The molecule has 1 aliphatic carbocycles. The molecule has 0 amide bonds. The van der Waals surface area contributed by atoms with Crippen LogP contribution in [0.3, 0.4) is 0 Å². The van der Waals surface area contributed by atoms with Crippen LogP contribution in [-0.4, -0.2) is 26.2 Å². The first-order chi connectivity index (χ1) is 9.24. The first kappa shape index (κ1) is 13.9. The van der Waals surface area contributed by atoms with Crippen LogP contribution in [0, 0.1) is 5.92 Å². The molecule has 0 bridgehead atoms. The maximum atomic E-state index is 12.0. The van der Waals surface area contributed by atoms with Gasteiger partial charge >= 0.3 is 5.97 Å². The topological polar surface area (TPSA) is 47.6 Å².